The van der Waals surface area contributed by atoms with Crippen molar-refractivity contribution in [2.75, 3.05) is 0 Å². The number of ether oxygens (including phenoxy) is 1. The van der Waals surface area contributed by atoms with Crippen molar-refractivity contribution in [3.05, 3.63) is 55.7 Å². The average molecular weight is 405 g/mol. The molecule has 0 aliphatic rings. The first-order chi connectivity index (χ1) is 9.02. The fraction of sp³-hybridized carbons (Fsp3) is 0. The molecule has 0 unspecified atom stereocenters. The molecule has 96 valence electrons. The number of nitriles is 1. The van der Waals surface area contributed by atoms with Gasteiger partial charge in [0.15, 0.2) is 11.6 Å². The maximum absolute atomic E-state index is 14.0. The zero-order chi connectivity index (χ0) is 14.0. The van der Waals surface area contributed by atoms with E-state index in [0.29, 0.717) is 10.8 Å². The minimum Gasteiger partial charge on any atom is -0.453 e. The molecule has 0 fully saturated rings. The van der Waals surface area contributed by atoms with Crippen LogP contribution in [0.5, 0.6) is 11.5 Å². The molecule has 19 heavy (non-hydrogen) atoms. The fourth-order valence-corrected chi connectivity index (χ4v) is 2.28. The number of halogens is 4. The minimum absolute atomic E-state index is 0.00845. The monoisotopic (exact) mass is 403 g/mol. The molecule has 0 bridgehead atoms. The van der Waals surface area contributed by atoms with Crippen LogP contribution in [-0.2, 0) is 0 Å². The van der Waals surface area contributed by atoms with Crippen LogP contribution in [0.1, 0.15) is 5.56 Å². The van der Waals surface area contributed by atoms with Crippen LogP contribution < -0.4 is 4.74 Å². The second-order valence-corrected chi connectivity index (χ2v) is 5.64. The molecule has 2 aromatic rings. The normalized spacial score (nSPS) is 10.1. The predicted octanol–water partition coefficient (Wildman–Crippen LogP) is 5.67. The molecule has 2 nitrogen and oxygen atoms in total. The quantitative estimate of drug-likeness (QED) is 0.645. The lowest BCUT2D eigenvalue weighted by Crippen LogP contribution is -1.92. The van der Waals surface area contributed by atoms with Gasteiger partial charge in [-0.25, -0.2) is 4.39 Å². The lowest BCUT2D eigenvalue weighted by molar-refractivity contribution is 0.440. The summed E-state index contributed by atoms with van der Waals surface area (Å²) in [4.78, 5) is 0. The minimum atomic E-state index is -0.643. The van der Waals surface area contributed by atoms with E-state index in [0.717, 1.165) is 4.47 Å². The van der Waals surface area contributed by atoms with Gasteiger partial charge in [0.05, 0.1) is 15.1 Å². The molecular weight excluding hydrogens is 400 g/mol. The van der Waals surface area contributed by atoms with Crippen molar-refractivity contribution in [2.45, 2.75) is 0 Å². The second-order valence-electron chi connectivity index (χ2n) is 3.53. The van der Waals surface area contributed by atoms with Gasteiger partial charge < -0.3 is 4.74 Å². The summed E-state index contributed by atoms with van der Waals surface area (Å²) in [5.74, 6) is -0.326. The molecule has 0 saturated heterocycles. The van der Waals surface area contributed by atoms with Gasteiger partial charge in [-0.1, -0.05) is 27.5 Å². The van der Waals surface area contributed by atoms with Crippen molar-refractivity contribution in [1.82, 2.24) is 0 Å². The van der Waals surface area contributed by atoms with Crippen molar-refractivity contribution >= 4 is 43.5 Å². The number of nitrogens with zero attached hydrogens (tertiary/aromatic N) is 1. The summed E-state index contributed by atoms with van der Waals surface area (Å²) < 4.78 is 20.2. The number of hydrogen-bond acceptors (Lipinski definition) is 2. The van der Waals surface area contributed by atoms with Gasteiger partial charge in [0.2, 0.25) is 0 Å². The Morgan fingerprint density at radius 3 is 2.58 bits per heavy atom. The van der Waals surface area contributed by atoms with E-state index in [1.807, 2.05) is 6.07 Å². The van der Waals surface area contributed by atoms with Gasteiger partial charge in [0, 0.05) is 4.47 Å². The summed E-state index contributed by atoms with van der Waals surface area (Å²) >= 11 is 12.3. The van der Waals surface area contributed by atoms with Crippen LogP contribution in [0, 0.1) is 17.1 Å². The molecular formula is C13H5Br2ClFNO. The third-order valence-electron chi connectivity index (χ3n) is 2.28. The third kappa shape index (κ3) is 3.08. The van der Waals surface area contributed by atoms with Crippen LogP contribution in [0.15, 0.2) is 39.3 Å². The maximum Gasteiger partial charge on any atom is 0.181 e. The van der Waals surface area contributed by atoms with Crippen LogP contribution in [0.2, 0.25) is 5.02 Å². The molecule has 0 heterocycles. The Morgan fingerprint density at radius 1 is 1.16 bits per heavy atom. The highest BCUT2D eigenvalue weighted by Gasteiger charge is 2.14. The Balaban J connectivity index is 2.42. The molecule has 2 aromatic carbocycles. The van der Waals surface area contributed by atoms with Crippen LogP contribution >= 0.6 is 43.5 Å². The summed E-state index contributed by atoms with van der Waals surface area (Å²) in [6.45, 7) is 0. The molecule has 2 rings (SSSR count). The SMILES string of the molecule is N#Cc1ccc(Oc2cc(Br)ccc2Cl)c(F)c1Br. The van der Waals surface area contributed by atoms with E-state index in [2.05, 4.69) is 31.9 Å². The Labute approximate surface area is 131 Å². The van der Waals surface area contributed by atoms with E-state index in [1.54, 1.807) is 18.2 Å². The largest absolute Gasteiger partial charge is 0.453 e. The van der Waals surface area contributed by atoms with Crippen molar-refractivity contribution in [2.24, 2.45) is 0 Å². The lowest BCUT2D eigenvalue weighted by Gasteiger charge is -2.10. The molecule has 0 aliphatic carbocycles. The topological polar surface area (TPSA) is 33.0 Å². The third-order valence-corrected chi connectivity index (χ3v) is 3.86. The zero-order valence-electron chi connectivity index (χ0n) is 9.25. The molecule has 0 radical (unpaired) electrons. The van der Waals surface area contributed by atoms with Gasteiger partial charge in [0.1, 0.15) is 11.8 Å². The summed E-state index contributed by atoms with van der Waals surface area (Å²) in [5, 5.41) is 9.15. The van der Waals surface area contributed by atoms with E-state index in [-0.39, 0.29) is 15.8 Å². The van der Waals surface area contributed by atoms with E-state index in [1.165, 1.54) is 12.1 Å². The fourth-order valence-electron chi connectivity index (χ4n) is 1.37. The standard InChI is InChI=1S/C13H5Br2ClFNO/c14-8-2-3-9(16)11(5-8)19-10-4-1-7(6-18)12(15)13(10)17/h1-5H. The van der Waals surface area contributed by atoms with Gasteiger partial charge in [0.25, 0.3) is 0 Å². The van der Waals surface area contributed by atoms with Crippen molar-refractivity contribution < 1.29 is 9.13 Å². The Morgan fingerprint density at radius 2 is 1.89 bits per heavy atom. The van der Waals surface area contributed by atoms with Crippen LogP contribution in [-0.4, -0.2) is 0 Å². The average Bonchev–Trinajstić information content (AvgIpc) is 2.39. The van der Waals surface area contributed by atoms with E-state index < -0.39 is 5.82 Å². The molecule has 0 saturated carbocycles. The van der Waals surface area contributed by atoms with Crippen LogP contribution in [0.4, 0.5) is 4.39 Å². The first-order valence-corrected chi connectivity index (χ1v) is 7.00. The van der Waals surface area contributed by atoms with Gasteiger partial charge in [-0.3, -0.25) is 0 Å². The van der Waals surface area contributed by atoms with Crippen molar-refractivity contribution in [3.63, 3.8) is 0 Å². The Kier molecular flexibility index (Phi) is 4.46. The van der Waals surface area contributed by atoms with Crippen molar-refractivity contribution in [3.8, 4) is 17.6 Å². The second kappa shape index (κ2) is 5.91. The summed E-state index contributed by atoms with van der Waals surface area (Å²) in [6.07, 6.45) is 0. The summed E-state index contributed by atoms with van der Waals surface area (Å²) in [7, 11) is 0. The van der Waals surface area contributed by atoms with Crippen LogP contribution in [0.25, 0.3) is 0 Å². The smallest absolute Gasteiger partial charge is 0.181 e. The van der Waals surface area contributed by atoms with Crippen LogP contribution in [0.3, 0.4) is 0 Å². The molecule has 0 spiro atoms. The molecule has 0 aromatic heterocycles. The highest BCUT2D eigenvalue weighted by molar-refractivity contribution is 9.10. The Hall–Kier alpha value is -1.09. The highest BCUT2D eigenvalue weighted by atomic mass is 79.9. The first kappa shape index (κ1) is 14.3. The van der Waals surface area contributed by atoms with Gasteiger partial charge in [-0.2, -0.15) is 5.26 Å². The maximum atomic E-state index is 14.0. The first-order valence-electron chi connectivity index (χ1n) is 5.04. The van der Waals surface area contributed by atoms with E-state index in [9.17, 15) is 4.39 Å². The Bertz CT molecular complexity index is 685. The molecule has 0 N–H and O–H groups in total. The molecule has 0 amide bonds. The summed E-state index contributed by atoms with van der Waals surface area (Å²) in [5.41, 5.74) is 0.199. The number of rotatable bonds is 2. The van der Waals surface area contributed by atoms with Gasteiger partial charge in [-0.15, -0.1) is 0 Å². The van der Waals surface area contributed by atoms with Gasteiger partial charge >= 0.3 is 0 Å². The number of benzene rings is 2. The van der Waals surface area contributed by atoms with Crippen molar-refractivity contribution in [1.29, 1.82) is 5.26 Å². The predicted molar refractivity (Wildman–Crippen MR) is 78.0 cm³/mol. The molecule has 6 heteroatoms. The summed E-state index contributed by atoms with van der Waals surface area (Å²) in [6, 6.07) is 9.74. The molecule has 0 atom stereocenters. The van der Waals surface area contributed by atoms with E-state index in [4.69, 9.17) is 21.6 Å². The molecule has 0 aliphatic heterocycles. The lowest BCUT2D eigenvalue weighted by atomic mass is 10.2. The number of hydrogen-bond donors (Lipinski definition) is 0. The van der Waals surface area contributed by atoms with Gasteiger partial charge in [-0.05, 0) is 46.3 Å². The van der Waals surface area contributed by atoms with E-state index >= 15 is 0 Å². The highest BCUT2D eigenvalue weighted by Crippen LogP contribution is 2.35. The zero-order valence-corrected chi connectivity index (χ0v) is 13.2.